The van der Waals surface area contributed by atoms with Gasteiger partial charge in [-0.2, -0.15) is 0 Å². The molecule has 0 aromatic heterocycles. The number of hydrogen-bond donors (Lipinski definition) is 3. The van der Waals surface area contributed by atoms with E-state index in [4.69, 9.17) is 0 Å². The van der Waals surface area contributed by atoms with Gasteiger partial charge in [-0.05, 0) is 29.5 Å². The van der Waals surface area contributed by atoms with Crippen LogP contribution in [0.5, 0.6) is 0 Å². The van der Waals surface area contributed by atoms with Crippen LogP contribution in [0.1, 0.15) is 32.8 Å². The SMILES string of the molecule is CC(C)(C)c1ccc(NC(=O)C2CC(O)CN2)cc1.Cl. The first-order valence-corrected chi connectivity index (χ1v) is 6.69. The van der Waals surface area contributed by atoms with Crippen LogP contribution in [0.2, 0.25) is 0 Å². The maximum Gasteiger partial charge on any atom is 0.241 e. The van der Waals surface area contributed by atoms with Crippen LogP contribution in [0.25, 0.3) is 0 Å². The topological polar surface area (TPSA) is 61.4 Å². The molecule has 1 heterocycles. The van der Waals surface area contributed by atoms with E-state index < -0.39 is 6.10 Å². The number of amides is 1. The zero-order valence-electron chi connectivity index (χ0n) is 12.1. The van der Waals surface area contributed by atoms with Crippen molar-refractivity contribution in [2.75, 3.05) is 11.9 Å². The fraction of sp³-hybridized carbons (Fsp3) is 0.533. The van der Waals surface area contributed by atoms with Gasteiger partial charge in [0.25, 0.3) is 0 Å². The van der Waals surface area contributed by atoms with Gasteiger partial charge in [0.05, 0.1) is 12.1 Å². The summed E-state index contributed by atoms with van der Waals surface area (Å²) >= 11 is 0. The minimum absolute atomic E-state index is 0. The first-order chi connectivity index (χ1) is 8.86. The van der Waals surface area contributed by atoms with Gasteiger partial charge in [-0.3, -0.25) is 4.79 Å². The van der Waals surface area contributed by atoms with Gasteiger partial charge in [-0.25, -0.2) is 0 Å². The van der Waals surface area contributed by atoms with Crippen LogP contribution >= 0.6 is 12.4 Å². The molecule has 0 radical (unpaired) electrons. The highest BCUT2D eigenvalue weighted by Crippen LogP contribution is 2.23. The Balaban J connectivity index is 0.00000200. The monoisotopic (exact) mass is 298 g/mol. The average molecular weight is 299 g/mol. The molecule has 5 heteroatoms. The summed E-state index contributed by atoms with van der Waals surface area (Å²) in [6.45, 7) is 6.96. The minimum atomic E-state index is -0.418. The molecule has 4 nitrogen and oxygen atoms in total. The molecule has 2 rings (SSSR count). The van der Waals surface area contributed by atoms with E-state index in [9.17, 15) is 9.90 Å². The zero-order valence-corrected chi connectivity index (χ0v) is 13.0. The van der Waals surface area contributed by atoms with Crippen molar-refractivity contribution in [2.24, 2.45) is 0 Å². The van der Waals surface area contributed by atoms with Crippen molar-refractivity contribution in [3.63, 3.8) is 0 Å². The normalized spacial score (nSPS) is 22.2. The third-order valence-electron chi connectivity index (χ3n) is 3.44. The lowest BCUT2D eigenvalue weighted by Crippen LogP contribution is -2.35. The number of aliphatic hydroxyl groups is 1. The van der Waals surface area contributed by atoms with Crippen LogP contribution in [0.15, 0.2) is 24.3 Å². The predicted octanol–water partition coefficient (Wildman–Crippen LogP) is 2.07. The molecule has 3 N–H and O–H groups in total. The van der Waals surface area contributed by atoms with Gasteiger partial charge in [0.1, 0.15) is 0 Å². The summed E-state index contributed by atoms with van der Waals surface area (Å²) in [5, 5.41) is 15.3. The van der Waals surface area contributed by atoms with Crippen LogP contribution in [0, 0.1) is 0 Å². The number of halogens is 1. The Bertz CT molecular complexity index is 454. The van der Waals surface area contributed by atoms with Gasteiger partial charge >= 0.3 is 0 Å². The van der Waals surface area contributed by atoms with Crippen LogP contribution in [0.4, 0.5) is 5.69 Å². The molecule has 1 aliphatic heterocycles. The largest absolute Gasteiger partial charge is 0.392 e. The second kappa shape index (κ2) is 6.57. The average Bonchev–Trinajstić information content (AvgIpc) is 2.75. The smallest absolute Gasteiger partial charge is 0.241 e. The third kappa shape index (κ3) is 4.20. The summed E-state index contributed by atoms with van der Waals surface area (Å²) in [5.74, 6) is -0.0833. The van der Waals surface area contributed by atoms with Crippen LogP contribution in [0.3, 0.4) is 0 Å². The van der Waals surface area contributed by atoms with E-state index in [0.29, 0.717) is 13.0 Å². The Labute approximate surface area is 126 Å². The lowest BCUT2D eigenvalue weighted by molar-refractivity contribution is -0.117. The van der Waals surface area contributed by atoms with Gasteiger partial charge in [0.15, 0.2) is 0 Å². The van der Waals surface area contributed by atoms with Crippen LogP contribution < -0.4 is 10.6 Å². The first kappa shape index (κ1) is 17.0. The molecule has 1 fully saturated rings. The molecule has 1 aromatic rings. The number of carbonyl (C=O) groups is 1. The molecule has 112 valence electrons. The number of benzene rings is 1. The highest BCUT2D eigenvalue weighted by molar-refractivity contribution is 5.95. The molecule has 1 amide bonds. The fourth-order valence-electron chi connectivity index (χ4n) is 2.20. The minimum Gasteiger partial charge on any atom is -0.392 e. The lowest BCUT2D eigenvalue weighted by Gasteiger charge is -2.19. The van der Waals surface area contributed by atoms with Crippen molar-refractivity contribution in [3.05, 3.63) is 29.8 Å². The van der Waals surface area contributed by atoms with E-state index in [0.717, 1.165) is 5.69 Å². The summed E-state index contributed by atoms with van der Waals surface area (Å²) in [7, 11) is 0. The van der Waals surface area contributed by atoms with Crippen LogP contribution in [-0.4, -0.2) is 29.7 Å². The summed E-state index contributed by atoms with van der Waals surface area (Å²) in [4.78, 5) is 12.0. The summed E-state index contributed by atoms with van der Waals surface area (Å²) in [5.41, 5.74) is 2.14. The van der Waals surface area contributed by atoms with Gasteiger partial charge in [-0.1, -0.05) is 32.9 Å². The Kier molecular flexibility index (Phi) is 5.57. The fourth-order valence-corrected chi connectivity index (χ4v) is 2.20. The van der Waals surface area contributed by atoms with E-state index in [1.165, 1.54) is 5.56 Å². The summed E-state index contributed by atoms with van der Waals surface area (Å²) < 4.78 is 0. The van der Waals surface area contributed by atoms with E-state index in [1.807, 2.05) is 24.3 Å². The summed E-state index contributed by atoms with van der Waals surface area (Å²) in [6.07, 6.45) is 0.0605. The number of β-amino-alcohol motifs (C(OH)–C–C–N with tert-alkyl or cyclic N) is 1. The third-order valence-corrected chi connectivity index (χ3v) is 3.44. The first-order valence-electron chi connectivity index (χ1n) is 6.69. The highest BCUT2D eigenvalue weighted by Gasteiger charge is 2.27. The summed E-state index contributed by atoms with van der Waals surface area (Å²) in [6, 6.07) is 7.62. The highest BCUT2D eigenvalue weighted by atomic mass is 35.5. The molecule has 0 spiro atoms. The van der Waals surface area contributed by atoms with Gasteiger partial charge in [0, 0.05) is 12.2 Å². The maximum absolute atomic E-state index is 12.0. The van der Waals surface area contributed by atoms with Crippen molar-refractivity contribution < 1.29 is 9.90 Å². The predicted molar refractivity (Wildman–Crippen MR) is 83.4 cm³/mol. The molecule has 2 atom stereocenters. The van der Waals surface area contributed by atoms with Crippen molar-refractivity contribution in [3.8, 4) is 0 Å². The Hall–Kier alpha value is -1.10. The van der Waals surface area contributed by atoms with Crippen LogP contribution in [-0.2, 0) is 10.2 Å². The Morgan fingerprint density at radius 1 is 1.30 bits per heavy atom. The molecular formula is C15H23ClN2O2. The molecule has 1 aromatic carbocycles. The standard InChI is InChI=1S/C15H22N2O2.ClH/c1-15(2,3)10-4-6-11(7-5-10)17-14(19)13-8-12(18)9-16-13;/h4-7,12-13,16,18H,8-9H2,1-3H3,(H,17,19);1H. The second-order valence-electron chi connectivity index (χ2n) is 6.17. The lowest BCUT2D eigenvalue weighted by atomic mass is 9.87. The van der Waals surface area contributed by atoms with Gasteiger partial charge < -0.3 is 15.7 Å². The van der Waals surface area contributed by atoms with E-state index >= 15 is 0 Å². The number of rotatable bonds is 2. The van der Waals surface area contributed by atoms with Crippen molar-refractivity contribution in [1.82, 2.24) is 5.32 Å². The number of anilines is 1. The number of carbonyl (C=O) groups excluding carboxylic acids is 1. The maximum atomic E-state index is 12.0. The van der Waals surface area contributed by atoms with Crippen molar-refractivity contribution in [1.29, 1.82) is 0 Å². The molecule has 20 heavy (non-hydrogen) atoms. The molecule has 0 aliphatic carbocycles. The van der Waals surface area contributed by atoms with Gasteiger partial charge in [-0.15, -0.1) is 12.4 Å². The molecule has 1 aliphatic rings. The second-order valence-corrected chi connectivity index (χ2v) is 6.17. The van der Waals surface area contributed by atoms with Crippen molar-refractivity contribution in [2.45, 2.75) is 44.8 Å². The molecule has 0 bridgehead atoms. The zero-order chi connectivity index (χ0) is 14.0. The molecule has 1 saturated heterocycles. The number of nitrogens with one attached hydrogen (secondary N) is 2. The molecular weight excluding hydrogens is 276 g/mol. The molecule has 0 saturated carbocycles. The van der Waals surface area contributed by atoms with E-state index in [-0.39, 0.29) is 29.8 Å². The van der Waals surface area contributed by atoms with E-state index in [1.54, 1.807) is 0 Å². The van der Waals surface area contributed by atoms with Crippen molar-refractivity contribution >= 4 is 24.0 Å². The Morgan fingerprint density at radius 2 is 1.90 bits per heavy atom. The molecule has 2 unspecified atom stereocenters. The quantitative estimate of drug-likeness (QED) is 0.783. The Morgan fingerprint density at radius 3 is 2.35 bits per heavy atom. The van der Waals surface area contributed by atoms with Gasteiger partial charge in [0.2, 0.25) is 5.91 Å². The number of hydrogen-bond acceptors (Lipinski definition) is 3. The van der Waals surface area contributed by atoms with E-state index in [2.05, 4.69) is 31.4 Å². The number of aliphatic hydroxyl groups excluding tert-OH is 1.